The van der Waals surface area contributed by atoms with Gasteiger partial charge < -0.3 is 9.30 Å². The van der Waals surface area contributed by atoms with E-state index in [9.17, 15) is 4.39 Å². The molecule has 1 unspecified atom stereocenters. The van der Waals surface area contributed by atoms with Gasteiger partial charge in [-0.25, -0.2) is 19.3 Å². The van der Waals surface area contributed by atoms with Crippen molar-refractivity contribution in [2.24, 2.45) is 0 Å². The number of hydrogen-bond acceptors (Lipinski definition) is 5. The van der Waals surface area contributed by atoms with Gasteiger partial charge in [0.2, 0.25) is 5.95 Å². The molecule has 0 fully saturated rings. The summed E-state index contributed by atoms with van der Waals surface area (Å²) in [6.07, 6.45) is 4.15. The van der Waals surface area contributed by atoms with E-state index < -0.39 is 0 Å². The molecule has 0 spiro atoms. The van der Waals surface area contributed by atoms with Gasteiger partial charge in [0.1, 0.15) is 17.7 Å². The molecule has 1 aliphatic heterocycles. The zero-order valence-electron chi connectivity index (χ0n) is 16.2. The van der Waals surface area contributed by atoms with Crippen LogP contribution in [0.15, 0.2) is 55.0 Å². The lowest BCUT2D eigenvalue weighted by atomic mass is 10.00. The molecule has 8 heteroatoms. The van der Waals surface area contributed by atoms with Crippen molar-refractivity contribution in [2.45, 2.75) is 19.4 Å². The van der Waals surface area contributed by atoms with Crippen LogP contribution in [-0.2, 0) is 0 Å². The number of nitrogens with zero attached hydrogens (tertiary/aromatic N) is 6. The fraction of sp³-hybridized carbons (Fsp3) is 0.182. The summed E-state index contributed by atoms with van der Waals surface area (Å²) in [4.78, 5) is 18.4. The first-order valence-electron chi connectivity index (χ1n) is 9.76. The third-order valence-corrected chi connectivity index (χ3v) is 5.57. The predicted octanol–water partition coefficient (Wildman–Crippen LogP) is 3.98. The van der Waals surface area contributed by atoms with E-state index in [-0.39, 0.29) is 11.9 Å². The fourth-order valence-corrected chi connectivity index (χ4v) is 4.24. The zero-order chi connectivity index (χ0) is 20.2. The van der Waals surface area contributed by atoms with Crippen molar-refractivity contribution in [3.8, 4) is 11.7 Å². The van der Waals surface area contributed by atoms with Crippen molar-refractivity contribution in [2.75, 3.05) is 6.61 Å². The molecule has 0 amide bonds. The van der Waals surface area contributed by atoms with Crippen LogP contribution < -0.4 is 4.74 Å². The molecule has 0 aliphatic carbocycles. The molecule has 0 saturated heterocycles. The minimum absolute atomic E-state index is 0.114. The number of hydrogen-bond donors (Lipinski definition) is 0. The van der Waals surface area contributed by atoms with Gasteiger partial charge in [-0.3, -0.25) is 4.57 Å². The summed E-state index contributed by atoms with van der Waals surface area (Å²) in [5, 5.41) is 0. The average Bonchev–Trinajstić information content (AvgIpc) is 3.33. The average molecular weight is 400 g/mol. The number of rotatable bonds is 2. The molecule has 0 saturated carbocycles. The highest BCUT2D eigenvalue weighted by Gasteiger charge is 2.28. The Morgan fingerprint density at radius 2 is 1.93 bits per heavy atom. The highest BCUT2D eigenvalue weighted by molar-refractivity contribution is 5.77. The molecule has 5 aromatic rings. The van der Waals surface area contributed by atoms with Crippen molar-refractivity contribution in [1.29, 1.82) is 0 Å². The summed E-state index contributed by atoms with van der Waals surface area (Å²) < 4.78 is 23.8. The molecule has 0 bridgehead atoms. The van der Waals surface area contributed by atoms with Gasteiger partial charge in [0.05, 0.1) is 29.9 Å². The lowest BCUT2D eigenvalue weighted by Gasteiger charge is -2.28. The van der Waals surface area contributed by atoms with E-state index >= 15 is 0 Å². The molecule has 2 aromatic carbocycles. The number of benzene rings is 2. The Hall–Kier alpha value is -3.81. The van der Waals surface area contributed by atoms with Crippen molar-refractivity contribution in [3.05, 3.63) is 72.2 Å². The van der Waals surface area contributed by atoms with Gasteiger partial charge in [0.25, 0.3) is 0 Å². The molecule has 7 nitrogen and oxygen atoms in total. The number of fused-ring (bicyclic) bond motifs is 3. The van der Waals surface area contributed by atoms with Crippen molar-refractivity contribution < 1.29 is 9.13 Å². The minimum Gasteiger partial charge on any atom is -0.490 e. The first-order valence-corrected chi connectivity index (χ1v) is 9.76. The van der Waals surface area contributed by atoms with Crippen LogP contribution in [0.5, 0.6) is 5.75 Å². The standard InChI is InChI=1S/C22H17FN6O/c1-13-26-17-11-24-22(28-12-25-16-7-2-3-8-19(16)28)27-21(17)29(13)18-9-10-30-20-14(18)5-4-6-15(20)23/h2-8,11-12,18H,9-10H2,1H3. The highest BCUT2D eigenvalue weighted by atomic mass is 19.1. The van der Waals surface area contributed by atoms with Crippen LogP contribution >= 0.6 is 0 Å². The lowest BCUT2D eigenvalue weighted by Crippen LogP contribution is -2.22. The van der Waals surface area contributed by atoms with Gasteiger partial charge in [0, 0.05) is 12.0 Å². The van der Waals surface area contributed by atoms with Crippen LogP contribution in [0.2, 0.25) is 0 Å². The molecule has 1 atom stereocenters. The molecule has 3 aromatic heterocycles. The van der Waals surface area contributed by atoms with Crippen molar-refractivity contribution in [3.63, 3.8) is 0 Å². The summed E-state index contributed by atoms with van der Waals surface area (Å²) in [5.41, 5.74) is 4.01. The summed E-state index contributed by atoms with van der Waals surface area (Å²) in [6.45, 7) is 2.37. The normalized spacial score (nSPS) is 16.0. The van der Waals surface area contributed by atoms with E-state index in [0.717, 1.165) is 22.4 Å². The Morgan fingerprint density at radius 1 is 1.03 bits per heavy atom. The van der Waals surface area contributed by atoms with Gasteiger partial charge in [-0.2, -0.15) is 4.98 Å². The lowest BCUT2D eigenvalue weighted by molar-refractivity contribution is 0.244. The van der Waals surface area contributed by atoms with Gasteiger partial charge in [-0.1, -0.05) is 24.3 Å². The van der Waals surface area contributed by atoms with E-state index in [4.69, 9.17) is 9.72 Å². The van der Waals surface area contributed by atoms with E-state index in [1.165, 1.54) is 6.07 Å². The van der Waals surface area contributed by atoms with Gasteiger partial charge >= 0.3 is 0 Å². The minimum atomic E-state index is -0.348. The van der Waals surface area contributed by atoms with Crippen LogP contribution in [0.25, 0.3) is 28.1 Å². The largest absolute Gasteiger partial charge is 0.490 e. The third-order valence-electron chi connectivity index (χ3n) is 5.57. The molecular weight excluding hydrogens is 383 g/mol. The van der Waals surface area contributed by atoms with Crippen LogP contribution in [0.1, 0.15) is 23.9 Å². The Kier molecular flexibility index (Phi) is 3.61. The molecule has 0 N–H and O–H groups in total. The van der Waals surface area contributed by atoms with Gasteiger partial charge in [0.15, 0.2) is 17.2 Å². The van der Waals surface area contributed by atoms with Crippen LogP contribution in [0.3, 0.4) is 0 Å². The predicted molar refractivity (Wildman–Crippen MR) is 109 cm³/mol. The molecule has 30 heavy (non-hydrogen) atoms. The maximum Gasteiger partial charge on any atom is 0.237 e. The Morgan fingerprint density at radius 3 is 2.87 bits per heavy atom. The quantitative estimate of drug-likeness (QED) is 0.448. The summed E-state index contributed by atoms with van der Waals surface area (Å²) in [7, 11) is 0. The Bertz CT molecular complexity index is 1420. The number of aromatic nitrogens is 6. The number of halogens is 1. The number of aryl methyl sites for hydroxylation is 1. The molecule has 0 radical (unpaired) electrons. The number of ether oxygens (including phenoxy) is 1. The van der Waals surface area contributed by atoms with Crippen LogP contribution in [0, 0.1) is 12.7 Å². The molecule has 4 heterocycles. The smallest absolute Gasteiger partial charge is 0.237 e. The maximum absolute atomic E-state index is 14.3. The van der Waals surface area contributed by atoms with E-state index in [1.807, 2.05) is 41.8 Å². The second-order valence-corrected chi connectivity index (χ2v) is 7.32. The van der Waals surface area contributed by atoms with Gasteiger partial charge in [-0.05, 0) is 25.1 Å². The van der Waals surface area contributed by atoms with E-state index in [0.29, 0.717) is 35.9 Å². The maximum atomic E-state index is 14.3. The molecule has 148 valence electrons. The highest BCUT2D eigenvalue weighted by Crippen LogP contribution is 2.38. The van der Waals surface area contributed by atoms with Crippen molar-refractivity contribution in [1.82, 2.24) is 29.1 Å². The monoisotopic (exact) mass is 400 g/mol. The zero-order valence-corrected chi connectivity index (χ0v) is 16.2. The van der Waals surface area contributed by atoms with Crippen LogP contribution in [0.4, 0.5) is 4.39 Å². The fourth-order valence-electron chi connectivity index (χ4n) is 4.24. The summed E-state index contributed by atoms with van der Waals surface area (Å²) in [5.74, 6) is 1.28. The second-order valence-electron chi connectivity index (χ2n) is 7.32. The molecule has 1 aliphatic rings. The molecule has 6 rings (SSSR count). The first kappa shape index (κ1) is 17.1. The first-order chi connectivity index (χ1) is 14.7. The third kappa shape index (κ3) is 2.43. The summed E-state index contributed by atoms with van der Waals surface area (Å²) >= 11 is 0. The van der Waals surface area contributed by atoms with Crippen molar-refractivity contribution >= 4 is 22.2 Å². The van der Waals surface area contributed by atoms with E-state index in [1.54, 1.807) is 18.6 Å². The second kappa shape index (κ2) is 6.35. The number of imidazole rings is 2. The Balaban J connectivity index is 1.56. The summed E-state index contributed by atoms with van der Waals surface area (Å²) in [6, 6.07) is 12.8. The van der Waals surface area contributed by atoms with Crippen LogP contribution in [-0.4, -0.2) is 35.7 Å². The SMILES string of the molecule is Cc1nc2cnc(-n3cnc4ccccc43)nc2n1C1CCOc2c(F)cccc21. The molecular formula is C22H17FN6O. The topological polar surface area (TPSA) is 70.7 Å². The Labute approximate surface area is 170 Å². The van der Waals surface area contributed by atoms with E-state index in [2.05, 4.69) is 19.5 Å². The number of para-hydroxylation sites is 3. The van der Waals surface area contributed by atoms with Gasteiger partial charge in [-0.15, -0.1) is 0 Å².